The molecule has 0 amide bonds. The number of nitrogens with one attached hydrogen (secondary N) is 1. The van der Waals surface area contributed by atoms with Gasteiger partial charge in [0, 0.05) is 23.4 Å². The molecule has 0 fully saturated rings. The number of hydrogen-bond donors (Lipinski definition) is 1. The third-order valence-corrected chi connectivity index (χ3v) is 6.77. The Kier molecular flexibility index (Phi) is 4.79. The molecule has 1 N–H and O–H groups in total. The molecule has 31 heavy (non-hydrogen) atoms. The van der Waals surface area contributed by atoms with E-state index in [0.717, 1.165) is 33.2 Å². The summed E-state index contributed by atoms with van der Waals surface area (Å²) in [7, 11) is -3.76. The van der Waals surface area contributed by atoms with Crippen molar-refractivity contribution in [2.45, 2.75) is 11.3 Å². The maximum absolute atomic E-state index is 13.6. The van der Waals surface area contributed by atoms with Gasteiger partial charge in [0.2, 0.25) is 0 Å². The molecule has 0 atom stereocenters. The second kappa shape index (κ2) is 7.63. The molecule has 0 bridgehead atoms. The molecule has 1 heterocycles. The van der Waals surface area contributed by atoms with E-state index in [1.165, 1.54) is 12.1 Å². The van der Waals surface area contributed by atoms with E-state index in [0.29, 0.717) is 18.7 Å². The number of fused-ring (bicyclic) bond motifs is 2. The molecule has 5 rings (SSSR count). The van der Waals surface area contributed by atoms with Crippen LogP contribution in [0.5, 0.6) is 0 Å². The lowest BCUT2D eigenvalue weighted by Gasteiger charge is -2.18. The summed E-state index contributed by atoms with van der Waals surface area (Å²) in [5.41, 5.74) is 3.76. The first kappa shape index (κ1) is 19.5. The minimum Gasteiger partial charge on any atom is -0.284 e. The first-order valence-corrected chi connectivity index (χ1v) is 11.4. The van der Waals surface area contributed by atoms with Gasteiger partial charge in [0.05, 0.1) is 10.6 Å². The average molecular weight is 431 g/mol. The molecule has 0 saturated heterocycles. The van der Waals surface area contributed by atoms with Gasteiger partial charge in [-0.15, -0.1) is 0 Å². The predicted molar refractivity (Wildman–Crippen MR) is 122 cm³/mol. The van der Waals surface area contributed by atoms with Crippen LogP contribution in [0.25, 0.3) is 10.8 Å². The van der Waals surface area contributed by atoms with E-state index < -0.39 is 10.0 Å². The van der Waals surface area contributed by atoms with Gasteiger partial charge < -0.3 is 0 Å². The van der Waals surface area contributed by atoms with Gasteiger partial charge in [-0.1, -0.05) is 42.5 Å². The van der Waals surface area contributed by atoms with Gasteiger partial charge in [0.25, 0.3) is 10.0 Å². The van der Waals surface area contributed by atoms with E-state index >= 15 is 0 Å². The monoisotopic (exact) mass is 430 g/mol. The van der Waals surface area contributed by atoms with Gasteiger partial charge in [-0.3, -0.25) is 9.71 Å². The molecule has 4 aromatic rings. The number of aliphatic imine (C=N–C) groups is 1. The first-order chi connectivity index (χ1) is 15.0. The molecule has 0 unspecified atom stereocenters. The van der Waals surface area contributed by atoms with Crippen molar-refractivity contribution in [1.82, 2.24) is 0 Å². The summed E-state index contributed by atoms with van der Waals surface area (Å²) >= 11 is 0. The summed E-state index contributed by atoms with van der Waals surface area (Å²) in [5, 5.41) is 1.84. The summed E-state index contributed by atoms with van der Waals surface area (Å²) < 4.78 is 42.3. The van der Waals surface area contributed by atoms with Crippen LogP contribution in [0.3, 0.4) is 0 Å². The van der Waals surface area contributed by atoms with E-state index in [-0.39, 0.29) is 10.7 Å². The molecular formula is C25H19FN2O2S. The van der Waals surface area contributed by atoms with Crippen LogP contribution >= 0.6 is 0 Å². The Hall–Kier alpha value is -3.51. The van der Waals surface area contributed by atoms with Crippen molar-refractivity contribution in [3.05, 3.63) is 107 Å². The minimum absolute atomic E-state index is 0.201. The quantitative estimate of drug-likeness (QED) is 0.485. The first-order valence-electron chi connectivity index (χ1n) is 9.95. The normalized spacial score (nSPS) is 13.5. The van der Waals surface area contributed by atoms with Crippen LogP contribution in [0.2, 0.25) is 0 Å². The largest absolute Gasteiger partial charge is 0.284 e. The number of benzene rings is 4. The lowest BCUT2D eigenvalue weighted by Crippen LogP contribution is -2.16. The van der Waals surface area contributed by atoms with Crippen molar-refractivity contribution < 1.29 is 12.8 Å². The van der Waals surface area contributed by atoms with Crippen molar-refractivity contribution >= 4 is 32.2 Å². The summed E-state index contributed by atoms with van der Waals surface area (Å²) in [6.45, 7) is 0.568. The molecule has 4 nitrogen and oxygen atoms in total. The molecular weight excluding hydrogens is 411 g/mol. The third-order valence-electron chi connectivity index (χ3n) is 5.39. The van der Waals surface area contributed by atoms with Crippen LogP contribution in [0.15, 0.2) is 94.8 Å². The molecule has 0 saturated carbocycles. The Morgan fingerprint density at radius 2 is 1.68 bits per heavy atom. The zero-order valence-electron chi connectivity index (χ0n) is 16.5. The standard InChI is InChI=1S/C25H19FN2O2S/c26-21-9-11-24-19(14-21)12-13-27-25(24)20-6-3-7-22(15-20)28-31(29,30)23-10-8-17-4-1-2-5-18(17)16-23/h1-11,14-16,28H,12-13H2. The zero-order chi connectivity index (χ0) is 21.4. The molecule has 154 valence electrons. The molecule has 1 aliphatic heterocycles. The summed E-state index contributed by atoms with van der Waals surface area (Å²) in [6, 6.07) is 24.5. The van der Waals surface area contributed by atoms with E-state index in [1.807, 2.05) is 30.3 Å². The SMILES string of the molecule is O=S(=O)(Nc1cccc(C2=NCCc3cc(F)ccc32)c1)c1ccc2ccccc2c1. The van der Waals surface area contributed by atoms with Crippen LogP contribution in [-0.2, 0) is 16.4 Å². The van der Waals surface area contributed by atoms with Crippen molar-refractivity contribution in [1.29, 1.82) is 0 Å². The van der Waals surface area contributed by atoms with E-state index in [1.54, 1.807) is 42.5 Å². The highest BCUT2D eigenvalue weighted by molar-refractivity contribution is 7.92. The molecule has 0 spiro atoms. The van der Waals surface area contributed by atoms with Crippen molar-refractivity contribution in [2.24, 2.45) is 4.99 Å². The number of hydrogen-bond acceptors (Lipinski definition) is 3. The number of nitrogens with zero attached hydrogens (tertiary/aromatic N) is 1. The maximum Gasteiger partial charge on any atom is 0.261 e. The van der Waals surface area contributed by atoms with Crippen LogP contribution < -0.4 is 4.72 Å². The zero-order valence-corrected chi connectivity index (χ0v) is 17.4. The molecule has 6 heteroatoms. The van der Waals surface area contributed by atoms with Crippen molar-refractivity contribution in [3.8, 4) is 0 Å². The summed E-state index contributed by atoms with van der Waals surface area (Å²) in [4.78, 5) is 4.82. The Morgan fingerprint density at radius 3 is 2.55 bits per heavy atom. The molecule has 4 aromatic carbocycles. The van der Waals surface area contributed by atoms with Crippen LogP contribution in [0.4, 0.5) is 10.1 Å². The minimum atomic E-state index is -3.76. The highest BCUT2D eigenvalue weighted by atomic mass is 32.2. The molecule has 0 aliphatic carbocycles. The summed E-state index contributed by atoms with van der Waals surface area (Å²) in [5.74, 6) is -0.267. The predicted octanol–water partition coefficient (Wildman–Crippen LogP) is 5.17. The van der Waals surface area contributed by atoms with E-state index in [4.69, 9.17) is 0 Å². The Labute approximate surface area is 180 Å². The van der Waals surface area contributed by atoms with Gasteiger partial charge in [0.15, 0.2) is 0 Å². The van der Waals surface area contributed by atoms with E-state index in [2.05, 4.69) is 9.71 Å². The smallest absolute Gasteiger partial charge is 0.261 e. The molecule has 0 aromatic heterocycles. The van der Waals surface area contributed by atoms with Gasteiger partial charge in [-0.2, -0.15) is 0 Å². The number of anilines is 1. The van der Waals surface area contributed by atoms with Gasteiger partial charge in [0.1, 0.15) is 5.82 Å². The molecule has 1 aliphatic rings. The fraction of sp³-hybridized carbons (Fsp3) is 0.0800. The number of rotatable bonds is 4. The fourth-order valence-corrected chi connectivity index (χ4v) is 4.98. The highest BCUT2D eigenvalue weighted by Gasteiger charge is 2.19. The average Bonchev–Trinajstić information content (AvgIpc) is 2.78. The van der Waals surface area contributed by atoms with Crippen LogP contribution in [-0.4, -0.2) is 20.7 Å². The second-order valence-corrected chi connectivity index (χ2v) is 9.16. The number of halogens is 1. The maximum atomic E-state index is 13.6. The molecule has 0 radical (unpaired) electrons. The third kappa shape index (κ3) is 3.82. The topological polar surface area (TPSA) is 58.5 Å². The van der Waals surface area contributed by atoms with Crippen LogP contribution in [0.1, 0.15) is 16.7 Å². The van der Waals surface area contributed by atoms with Gasteiger partial charge in [-0.25, -0.2) is 12.8 Å². The van der Waals surface area contributed by atoms with Crippen LogP contribution in [0, 0.1) is 5.82 Å². The Morgan fingerprint density at radius 1 is 0.839 bits per heavy atom. The lowest BCUT2D eigenvalue weighted by molar-refractivity contribution is 0.601. The van der Waals surface area contributed by atoms with E-state index in [9.17, 15) is 12.8 Å². The van der Waals surface area contributed by atoms with Gasteiger partial charge in [-0.05, 0) is 65.2 Å². The second-order valence-electron chi connectivity index (χ2n) is 7.48. The Balaban J connectivity index is 1.47. The highest BCUT2D eigenvalue weighted by Crippen LogP contribution is 2.25. The van der Waals surface area contributed by atoms with Crippen molar-refractivity contribution in [3.63, 3.8) is 0 Å². The fourth-order valence-electron chi connectivity index (χ4n) is 3.90. The van der Waals surface area contributed by atoms with Crippen molar-refractivity contribution in [2.75, 3.05) is 11.3 Å². The summed E-state index contributed by atoms with van der Waals surface area (Å²) in [6.07, 6.45) is 0.685. The van der Waals surface area contributed by atoms with Gasteiger partial charge >= 0.3 is 0 Å². The number of sulfonamides is 1. The Bertz CT molecular complexity index is 1450. The lowest BCUT2D eigenvalue weighted by atomic mass is 9.93.